The Morgan fingerprint density at radius 3 is 2.69 bits per heavy atom. The largest absolute Gasteiger partial charge is 0.320 e. The fraction of sp³-hybridized carbons (Fsp3) is 0.538. The van der Waals surface area contributed by atoms with Crippen LogP contribution in [0, 0.1) is 0 Å². The molecule has 1 aromatic carbocycles. The number of nitrogens with zero attached hydrogens (tertiary/aromatic N) is 1. The van der Waals surface area contributed by atoms with Gasteiger partial charge < -0.3 is 5.32 Å². The molecule has 0 fully saturated rings. The molecule has 0 aliphatic heterocycles. The van der Waals surface area contributed by atoms with Gasteiger partial charge in [-0.1, -0.05) is 34.1 Å². The average Bonchev–Trinajstić information content (AvgIpc) is 2.29. The lowest BCUT2D eigenvalue weighted by molar-refractivity contribution is 0.257. The van der Waals surface area contributed by atoms with Crippen molar-refractivity contribution in [2.24, 2.45) is 0 Å². The third-order valence-corrected chi connectivity index (χ3v) is 3.68. The molecule has 1 aromatic rings. The van der Waals surface area contributed by atoms with Crippen LogP contribution in [0.25, 0.3) is 0 Å². The van der Waals surface area contributed by atoms with Gasteiger partial charge in [-0.25, -0.2) is 0 Å². The second-order valence-corrected chi connectivity index (χ2v) is 4.99. The Morgan fingerprint density at radius 2 is 2.06 bits per heavy atom. The van der Waals surface area contributed by atoms with Crippen LogP contribution >= 0.6 is 15.9 Å². The minimum atomic E-state index is 0.451. The number of nitrogens with one attached hydrogen (secondary N) is 1. The molecular weight excluding hydrogens is 264 g/mol. The number of hydrogen-bond acceptors (Lipinski definition) is 2. The highest BCUT2D eigenvalue weighted by Gasteiger charge is 2.13. The van der Waals surface area contributed by atoms with Gasteiger partial charge in [0, 0.05) is 10.5 Å². The van der Waals surface area contributed by atoms with E-state index in [2.05, 4.69) is 64.4 Å². The molecule has 1 N–H and O–H groups in total. The van der Waals surface area contributed by atoms with Crippen LogP contribution in [0.1, 0.15) is 24.9 Å². The van der Waals surface area contributed by atoms with Gasteiger partial charge in [-0.3, -0.25) is 4.90 Å². The number of halogens is 1. The molecule has 0 amide bonds. The van der Waals surface area contributed by atoms with Crippen molar-refractivity contribution in [1.82, 2.24) is 10.2 Å². The Hall–Kier alpha value is -0.380. The van der Waals surface area contributed by atoms with E-state index in [1.54, 1.807) is 0 Å². The first-order chi connectivity index (χ1) is 7.66. The zero-order valence-corrected chi connectivity index (χ0v) is 11.9. The molecule has 1 rings (SSSR count). The van der Waals surface area contributed by atoms with Gasteiger partial charge in [-0.2, -0.15) is 0 Å². The van der Waals surface area contributed by atoms with Crippen molar-refractivity contribution in [2.45, 2.75) is 19.4 Å². The minimum Gasteiger partial charge on any atom is -0.320 e. The van der Waals surface area contributed by atoms with Gasteiger partial charge in [0.25, 0.3) is 0 Å². The molecule has 2 nitrogen and oxygen atoms in total. The van der Waals surface area contributed by atoms with Crippen molar-refractivity contribution >= 4 is 15.9 Å². The fourth-order valence-electron chi connectivity index (χ4n) is 1.75. The molecule has 1 atom stereocenters. The Morgan fingerprint density at radius 1 is 1.38 bits per heavy atom. The predicted octanol–water partition coefficient (Wildman–Crippen LogP) is 3.05. The molecule has 0 saturated carbocycles. The summed E-state index contributed by atoms with van der Waals surface area (Å²) in [6.07, 6.45) is 1.18. The van der Waals surface area contributed by atoms with E-state index >= 15 is 0 Å². The van der Waals surface area contributed by atoms with E-state index in [1.807, 2.05) is 7.05 Å². The third-order valence-electron chi connectivity index (χ3n) is 2.95. The second kappa shape index (κ2) is 7.05. The Labute approximate surface area is 107 Å². The van der Waals surface area contributed by atoms with Crippen LogP contribution in [0.3, 0.4) is 0 Å². The van der Waals surface area contributed by atoms with E-state index in [-0.39, 0.29) is 0 Å². The highest BCUT2D eigenvalue weighted by Crippen LogP contribution is 2.26. The summed E-state index contributed by atoms with van der Waals surface area (Å²) in [5.74, 6) is 0. The van der Waals surface area contributed by atoms with E-state index in [9.17, 15) is 0 Å². The summed E-state index contributed by atoms with van der Waals surface area (Å²) in [6, 6.07) is 8.89. The van der Waals surface area contributed by atoms with Gasteiger partial charge in [-0.15, -0.1) is 0 Å². The van der Waals surface area contributed by atoms with Crippen LogP contribution in [0.15, 0.2) is 28.7 Å². The van der Waals surface area contributed by atoms with Crippen LogP contribution in [0.2, 0.25) is 0 Å². The quantitative estimate of drug-likeness (QED) is 0.808. The van der Waals surface area contributed by atoms with Gasteiger partial charge in [0.1, 0.15) is 0 Å². The molecule has 0 aliphatic carbocycles. The van der Waals surface area contributed by atoms with Gasteiger partial charge in [0.2, 0.25) is 0 Å². The molecule has 16 heavy (non-hydrogen) atoms. The molecule has 0 aromatic heterocycles. The minimum absolute atomic E-state index is 0.451. The van der Waals surface area contributed by atoms with Crippen LogP contribution < -0.4 is 5.32 Å². The Kier molecular flexibility index (Phi) is 6.03. The smallest absolute Gasteiger partial charge is 0.0328 e. The maximum atomic E-state index is 3.61. The van der Waals surface area contributed by atoms with Gasteiger partial charge in [-0.05, 0) is 52.2 Å². The first kappa shape index (κ1) is 13.7. The lowest BCUT2D eigenvalue weighted by Gasteiger charge is -2.25. The molecule has 90 valence electrons. The second-order valence-electron chi connectivity index (χ2n) is 4.14. The fourth-order valence-corrected chi connectivity index (χ4v) is 2.37. The number of hydrogen-bond donors (Lipinski definition) is 1. The number of benzene rings is 1. The first-order valence-electron chi connectivity index (χ1n) is 5.76. The summed E-state index contributed by atoms with van der Waals surface area (Å²) in [5.41, 5.74) is 1.36. The van der Waals surface area contributed by atoms with E-state index in [0.717, 1.165) is 13.1 Å². The average molecular weight is 285 g/mol. The molecule has 3 heteroatoms. The molecule has 0 heterocycles. The Bertz CT molecular complexity index is 315. The molecule has 0 bridgehead atoms. The lowest BCUT2D eigenvalue weighted by atomic mass is 10.1. The van der Waals surface area contributed by atoms with Crippen molar-refractivity contribution in [3.05, 3.63) is 34.3 Å². The summed E-state index contributed by atoms with van der Waals surface area (Å²) in [7, 11) is 4.18. The topological polar surface area (TPSA) is 15.3 Å². The molecule has 0 spiro atoms. The van der Waals surface area contributed by atoms with Crippen molar-refractivity contribution in [3.8, 4) is 0 Å². The van der Waals surface area contributed by atoms with E-state index in [4.69, 9.17) is 0 Å². The van der Waals surface area contributed by atoms with Gasteiger partial charge >= 0.3 is 0 Å². The predicted molar refractivity (Wildman–Crippen MR) is 73.7 cm³/mol. The van der Waals surface area contributed by atoms with Crippen LogP contribution in [0.4, 0.5) is 0 Å². The maximum absolute atomic E-state index is 3.61. The highest BCUT2D eigenvalue weighted by molar-refractivity contribution is 9.10. The molecule has 0 saturated heterocycles. The molecular formula is C13H21BrN2. The van der Waals surface area contributed by atoms with E-state index in [0.29, 0.717) is 6.04 Å². The maximum Gasteiger partial charge on any atom is 0.0328 e. The first-order valence-corrected chi connectivity index (χ1v) is 6.55. The van der Waals surface area contributed by atoms with Crippen LogP contribution in [0.5, 0.6) is 0 Å². The monoisotopic (exact) mass is 284 g/mol. The summed E-state index contributed by atoms with van der Waals surface area (Å²) >= 11 is 3.61. The number of rotatable bonds is 6. The van der Waals surface area contributed by atoms with Crippen LogP contribution in [-0.4, -0.2) is 32.1 Å². The van der Waals surface area contributed by atoms with Crippen molar-refractivity contribution in [2.75, 3.05) is 27.2 Å². The zero-order valence-electron chi connectivity index (χ0n) is 10.3. The van der Waals surface area contributed by atoms with Crippen molar-refractivity contribution in [1.29, 1.82) is 0 Å². The third kappa shape index (κ3) is 3.89. The van der Waals surface area contributed by atoms with Crippen molar-refractivity contribution < 1.29 is 0 Å². The van der Waals surface area contributed by atoms with Crippen molar-refractivity contribution in [3.63, 3.8) is 0 Å². The van der Waals surface area contributed by atoms with Gasteiger partial charge in [0.05, 0.1) is 0 Å². The standard InChI is InChI=1S/C13H21BrN2/c1-11(16(3)10-6-9-15-2)12-7-4-5-8-13(12)14/h4-5,7-8,11,15H,6,9-10H2,1-3H3. The van der Waals surface area contributed by atoms with Gasteiger partial charge in [0.15, 0.2) is 0 Å². The summed E-state index contributed by atoms with van der Waals surface area (Å²) < 4.78 is 1.20. The molecule has 0 radical (unpaired) electrons. The van der Waals surface area contributed by atoms with E-state index < -0.39 is 0 Å². The summed E-state index contributed by atoms with van der Waals surface area (Å²) in [6.45, 7) is 4.44. The summed E-state index contributed by atoms with van der Waals surface area (Å²) in [5, 5.41) is 3.18. The van der Waals surface area contributed by atoms with Crippen LogP contribution in [-0.2, 0) is 0 Å². The lowest BCUT2D eigenvalue weighted by Crippen LogP contribution is -2.26. The van der Waals surface area contributed by atoms with E-state index in [1.165, 1.54) is 16.5 Å². The SMILES string of the molecule is CNCCCN(C)C(C)c1ccccc1Br. The highest BCUT2D eigenvalue weighted by atomic mass is 79.9. The zero-order chi connectivity index (χ0) is 12.0. The molecule has 1 unspecified atom stereocenters. The Balaban J connectivity index is 2.56. The summed E-state index contributed by atoms with van der Waals surface area (Å²) in [4.78, 5) is 2.39. The normalized spacial score (nSPS) is 13.1. The molecule has 0 aliphatic rings.